The van der Waals surface area contributed by atoms with Crippen molar-refractivity contribution in [2.24, 2.45) is 0 Å². The number of rotatable bonds is 7. The SMILES string of the molecule is CCc1ccc(CN2CCN(Cc3ccccc3F)C(CCO)C2)cc1. The van der Waals surface area contributed by atoms with E-state index in [4.69, 9.17) is 0 Å². The third kappa shape index (κ3) is 4.91. The lowest BCUT2D eigenvalue weighted by atomic mass is 10.0. The van der Waals surface area contributed by atoms with E-state index in [1.54, 1.807) is 6.07 Å². The van der Waals surface area contributed by atoms with Gasteiger partial charge in [0, 0.05) is 50.9 Å². The van der Waals surface area contributed by atoms with E-state index >= 15 is 0 Å². The normalized spacial score (nSPS) is 19.0. The first-order valence-corrected chi connectivity index (χ1v) is 9.58. The summed E-state index contributed by atoms with van der Waals surface area (Å²) in [4.78, 5) is 4.75. The summed E-state index contributed by atoms with van der Waals surface area (Å²) in [6, 6.07) is 16.1. The van der Waals surface area contributed by atoms with Crippen molar-refractivity contribution >= 4 is 0 Å². The minimum absolute atomic E-state index is 0.145. The van der Waals surface area contributed by atoms with Crippen molar-refractivity contribution in [3.63, 3.8) is 0 Å². The number of hydrogen-bond acceptors (Lipinski definition) is 3. The average Bonchev–Trinajstić information content (AvgIpc) is 2.66. The van der Waals surface area contributed by atoms with Gasteiger partial charge >= 0.3 is 0 Å². The highest BCUT2D eigenvalue weighted by atomic mass is 19.1. The maximum atomic E-state index is 14.0. The van der Waals surface area contributed by atoms with Crippen LogP contribution in [0.2, 0.25) is 0 Å². The van der Waals surface area contributed by atoms with Crippen LogP contribution in [0.4, 0.5) is 4.39 Å². The monoisotopic (exact) mass is 356 g/mol. The molecule has 1 heterocycles. The van der Waals surface area contributed by atoms with Crippen LogP contribution < -0.4 is 0 Å². The molecule has 1 unspecified atom stereocenters. The average molecular weight is 356 g/mol. The molecule has 3 rings (SSSR count). The second-order valence-corrected chi connectivity index (χ2v) is 7.13. The summed E-state index contributed by atoms with van der Waals surface area (Å²) in [5.41, 5.74) is 3.42. The predicted molar refractivity (Wildman–Crippen MR) is 103 cm³/mol. The van der Waals surface area contributed by atoms with E-state index in [1.807, 2.05) is 12.1 Å². The molecule has 1 fully saturated rings. The van der Waals surface area contributed by atoms with Gasteiger partial charge in [0.25, 0.3) is 0 Å². The van der Waals surface area contributed by atoms with Gasteiger partial charge in [0.15, 0.2) is 0 Å². The van der Waals surface area contributed by atoms with Gasteiger partial charge in [-0.25, -0.2) is 4.39 Å². The van der Waals surface area contributed by atoms with E-state index in [9.17, 15) is 9.50 Å². The second-order valence-electron chi connectivity index (χ2n) is 7.13. The molecule has 26 heavy (non-hydrogen) atoms. The molecule has 0 aromatic heterocycles. The first-order chi connectivity index (χ1) is 12.7. The lowest BCUT2D eigenvalue weighted by molar-refractivity contribution is 0.0493. The maximum absolute atomic E-state index is 14.0. The van der Waals surface area contributed by atoms with E-state index in [0.29, 0.717) is 6.54 Å². The first kappa shape index (κ1) is 19.0. The molecule has 2 aromatic carbocycles. The van der Waals surface area contributed by atoms with Crippen LogP contribution >= 0.6 is 0 Å². The Morgan fingerprint density at radius 2 is 1.73 bits per heavy atom. The summed E-state index contributed by atoms with van der Waals surface area (Å²) in [6.07, 6.45) is 1.79. The molecule has 140 valence electrons. The molecule has 1 N–H and O–H groups in total. The van der Waals surface area contributed by atoms with Crippen molar-refractivity contribution < 1.29 is 9.50 Å². The fourth-order valence-electron chi connectivity index (χ4n) is 3.72. The van der Waals surface area contributed by atoms with Crippen LogP contribution in [0.25, 0.3) is 0 Å². The summed E-state index contributed by atoms with van der Waals surface area (Å²) in [7, 11) is 0. The van der Waals surface area contributed by atoms with Crippen molar-refractivity contribution in [3.8, 4) is 0 Å². The van der Waals surface area contributed by atoms with Gasteiger partial charge in [-0.3, -0.25) is 9.80 Å². The molecule has 1 aliphatic heterocycles. The minimum atomic E-state index is -0.145. The first-order valence-electron chi connectivity index (χ1n) is 9.58. The quantitative estimate of drug-likeness (QED) is 0.823. The number of benzene rings is 2. The van der Waals surface area contributed by atoms with Crippen LogP contribution in [-0.4, -0.2) is 47.2 Å². The molecular weight excluding hydrogens is 327 g/mol. The Morgan fingerprint density at radius 1 is 1.00 bits per heavy atom. The van der Waals surface area contributed by atoms with Gasteiger partial charge < -0.3 is 5.11 Å². The lowest BCUT2D eigenvalue weighted by Gasteiger charge is -2.41. The van der Waals surface area contributed by atoms with E-state index in [0.717, 1.165) is 44.6 Å². The van der Waals surface area contributed by atoms with Crippen molar-refractivity contribution in [1.82, 2.24) is 9.80 Å². The van der Waals surface area contributed by atoms with E-state index in [-0.39, 0.29) is 18.5 Å². The van der Waals surface area contributed by atoms with Crippen molar-refractivity contribution in [2.45, 2.75) is 38.9 Å². The molecule has 0 saturated carbocycles. The van der Waals surface area contributed by atoms with E-state index < -0.39 is 0 Å². The zero-order chi connectivity index (χ0) is 18.4. The number of nitrogens with zero attached hydrogens (tertiary/aromatic N) is 2. The largest absolute Gasteiger partial charge is 0.396 e. The van der Waals surface area contributed by atoms with Gasteiger partial charge in [0.05, 0.1) is 0 Å². The number of halogens is 1. The molecule has 0 radical (unpaired) electrons. The molecule has 0 spiro atoms. The molecule has 2 aromatic rings. The van der Waals surface area contributed by atoms with Gasteiger partial charge in [-0.15, -0.1) is 0 Å². The van der Waals surface area contributed by atoms with Crippen LogP contribution in [0, 0.1) is 5.82 Å². The summed E-state index contributed by atoms with van der Waals surface area (Å²) in [6.45, 7) is 6.64. The predicted octanol–water partition coefficient (Wildman–Crippen LogP) is 3.46. The molecule has 4 heteroatoms. The molecule has 0 aliphatic carbocycles. The third-order valence-corrected chi connectivity index (χ3v) is 5.32. The van der Waals surface area contributed by atoms with Gasteiger partial charge in [-0.1, -0.05) is 49.4 Å². The van der Waals surface area contributed by atoms with Gasteiger partial charge in [-0.05, 0) is 30.0 Å². The number of aliphatic hydroxyl groups excluding tert-OH is 1. The molecule has 1 saturated heterocycles. The van der Waals surface area contributed by atoms with Crippen LogP contribution in [-0.2, 0) is 19.5 Å². The third-order valence-electron chi connectivity index (χ3n) is 5.32. The molecule has 0 bridgehead atoms. The Kier molecular flexibility index (Phi) is 6.78. The Morgan fingerprint density at radius 3 is 2.42 bits per heavy atom. The Balaban J connectivity index is 1.62. The molecule has 3 nitrogen and oxygen atoms in total. The second kappa shape index (κ2) is 9.26. The number of aliphatic hydroxyl groups is 1. The minimum Gasteiger partial charge on any atom is -0.396 e. The van der Waals surface area contributed by atoms with Crippen molar-refractivity contribution in [2.75, 3.05) is 26.2 Å². The lowest BCUT2D eigenvalue weighted by Crippen LogP contribution is -2.52. The fourth-order valence-corrected chi connectivity index (χ4v) is 3.72. The summed E-state index contributed by atoms with van der Waals surface area (Å²) in [5, 5.41) is 9.47. The topological polar surface area (TPSA) is 26.7 Å². The summed E-state index contributed by atoms with van der Waals surface area (Å²) in [5.74, 6) is -0.145. The van der Waals surface area contributed by atoms with Crippen LogP contribution in [0.5, 0.6) is 0 Å². The maximum Gasteiger partial charge on any atom is 0.127 e. The molecule has 0 amide bonds. The number of piperazine rings is 1. The zero-order valence-corrected chi connectivity index (χ0v) is 15.6. The standard InChI is InChI=1S/C22H29FN2O/c1-2-18-7-9-19(10-8-18)15-24-12-13-25(21(17-24)11-14-26)16-20-5-3-4-6-22(20)23/h3-10,21,26H,2,11-17H2,1H3. The Hall–Kier alpha value is -1.75. The molecule has 1 aliphatic rings. The smallest absolute Gasteiger partial charge is 0.127 e. The van der Waals surface area contributed by atoms with Crippen LogP contribution in [0.3, 0.4) is 0 Å². The Labute approximate surface area is 156 Å². The van der Waals surface area contributed by atoms with Gasteiger partial charge in [0.1, 0.15) is 5.82 Å². The Bertz CT molecular complexity index is 689. The van der Waals surface area contributed by atoms with Gasteiger partial charge in [-0.2, -0.15) is 0 Å². The van der Waals surface area contributed by atoms with Crippen LogP contribution in [0.1, 0.15) is 30.0 Å². The van der Waals surface area contributed by atoms with Gasteiger partial charge in [0.2, 0.25) is 0 Å². The van der Waals surface area contributed by atoms with Crippen LogP contribution in [0.15, 0.2) is 48.5 Å². The molecule has 1 atom stereocenters. The summed E-state index contributed by atoms with van der Waals surface area (Å²) < 4.78 is 14.0. The summed E-state index contributed by atoms with van der Waals surface area (Å²) >= 11 is 0. The van der Waals surface area contributed by atoms with Crippen molar-refractivity contribution in [1.29, 1.82) is 0 Å². The number of hydrogen-bond donors (Lipinski definition) is 1. The van der Waals surface area contributed by atoms with Crippen molar-refractivity contribution in [3.05, 3.63) is 71.0 Å². The fraction of sp³-hybridized carbons (Fsp3) is 0.455. The number of aryl methyl sites for hydroxylation is 1. The molecular formula is C22H29FN2O. The zero-order valence-electron chi connectivity index (χ0n) is 15.6. The highest BCUT2D eigenvalue weighted by Crippen LogP contribution is 2.20. The van der Waals surface area contributed by atoms with E-state index in [1.165, 1.54) is 17.2 Å². The highest BCUT2D eigenvalue weighted by Gasteiger charge is 2.27. The highest BCUT2D eigenvalue weighted by molar-refractivity contribution is 5.22. The van der Waals surface area contributed by atoms with E-state index in [2.05, 4.69) is 41.0 Å².